The van der Waals surface area contributed by atoms with Gasteiger partial charge in [-0.2, -0.15) is 0 Å². The monoisotopic (exact) mass is 442 g/mol. The van der Waals surface area contributed by atoms with Gasteiger partial charge >= 0.3 is 0 Å². The summed E-state index contributed by atoms with van der Waals surface area (Å²) >= 11 is 0. The third-order valence-corrected chi connectivity index (χ3v) is 7.76. The van der Waals surface area contributed by atoms with Crippen molar-refractivity contribution in [3.8, 4) is 11.1 Å². The van der Waals surface area contributed by atoms with Crippen molar-refractivity contribution in [1.29, 1.82) is 0 Å². The predicted molar refractivity (Wildman–Crippen MR) is 153 cm³/mol. The second-order valence-electron chi connectivity index (χ2n) is 9.84. The molecule has 0 heterocycles. The van der Waals surface area contributed by atoms with E-state index in [2.05, 4.69) is 122 Å². The van der Waals surface area contributed by atoms with Crippen LogP contribution in [0.3, 0.4) is 0 Å². The quantitative estimate of drug-likeness (QED) is 0.175. The Balaban J connectivity index is 1.73. The predicted octanol–water partition coefficient (Wildman–Crippen LogP) is 10.0. The molecular weight excluding hydrogens is 420 g/mol. The lowest BCUT2D eigenvalue weighted by molar-refractivity contribution is 1.51. The van der Waals surface area contributed by atoms with Crippen molar-refractivity contribution in [2.45, 2.75) is 6.92 Å². The fourth-order valence-electron chi connectivity index (χ4n) is 6.25. The Kier molecular flexibility index (Phi) is 3.68. The number of hydrogen-bond acceptors (Lipinski definition) is 0. The summed E-state index contributed by atoms with van der Waals surface area (Å²) in [6, 6.07) is 43.0. The van der Waals surface area contributed by atoms with Crippen LogP contribution in [0.5, 0.6) is 0 Å². The first kappa shape index (κ1) is 18.9. The molecule has 0 radical (unpaired) electrons. The molecule has 0 aliphatic heterocycles. The first-order chi connectivity index (χ1) is 17.3. The summed E-state index contributed by atoms with van der Waals surface area (Å²) < 4.78 is 0. The average molecular weight is 443 g/mol. The number of benzene rings is 8. The lowest BCUT2D eigenvalue weighted by Crippen LogP contribution is -1.91. The molecule has 0 saturated heterocycles. The average Bonchev–Trinajstić information content (AvgIpc) is 2.90. The van der Waals surface area contributed by atoms with Crippen molar-refractivity contribution in [2.24, 2.45) is 0 Å². The first-order valence-electron chi connectivity index (χ1n) is 12.3. The molecule has 0 aliphatic rings. The van der Waals surface area contributed by atoms with E-state index in [1.165, 1.54) is 81.3 Å². The maximum atomic E-state index is 2.43. The van der Waals surface area contributed by atoms with Crippen LogP contribution < -0.4 is 0 Å². The van der Waals surface area contributed by atoms with Crippen molar-refractivity contribution >= 4 is 64.6 Å². The van der Waals surface area contributed by atoms with E-state index in [0.717, 1.165) is 0 Å². The smallest absolute Gasteiger partial charge is 0.00137 e. The van der Waals surface area contributed by atoms with Crippen LogP contribution in [0.1, 0.15) is 5.56 Å². The van der Waals surface area contributed by atoms with Crippen molar-refractivity contribution < 1.29 is 0 Å². The standard InChI is InChI=1S/C35H22/c1-21-13-14-25-18-27-20-31-28-11-5-9-23-15-16-24-10-6-12-29(33(24)32(23)28)35(31)34(22-7-3-2-4-8-22)30(27)19-26(25)17-21/h2-20H,1H3. The SMILES string of the molecule is Cc1ccc2cc3cc4c5cccc6ccc7cccc(c4c(-c4ccccc4)c3cc2c1)c7c65. The normalized spacial score (nSPS) is 12.1. The summed E-state index contributed by atoms with van der Waals surface area (Å²) in [7, 11) is 0. The van der Waals surface area contributed by atoms with E-state index in [4.69, 9.17) is 0 Å². The van der Waals surface area contributed by atoms with Crippen LogP contribution in [0.4, 0.5) is 0 Å². The van der Waals surface area contributed by atoms with Crippen LogP contribution in [0.2, 0.25) is 0 Å². The van der Waals surface area contributed by atoms with Crippen molar-refractivity contribution in [2.75, 3.05) is 0 Å². The molecule has 0 heteroatoms. The minimum Gasteiger partial charge on any atom is -0.0622 e. The maximum Gasteiger partial charge on any atom is -0.00137 e. The van der Waals surface area contributed by atoms with Crippen LogP contribution in [0.25, 0.3) is 75.8 Å². The van der Waals surface area contributed by atoms with Crippen LogP contribution >= 0.6 is 0 Å². The van der Waals surface area contributed by atoms with Crippen molar-refractivity contribution in [3.63, 3.8) is 0 Å². The van der Waals surface area contributed by atoms with Gasteiger partial charge in [-0.1, -0.05) is 103 Å². The summed E-state index contributed by atoms with van der Waals surface area (Å²) in [5, 5.41) is 15.9. The van der Waals surface area contributed by atoms with Gasteiger partial charge in [-0.05, 0) is 101 Å². The van der Waals surface area contributed by atoms with E-state index >= 15 is 0 Å². The van der Waals surface area contributed by atoms with Gasteiger partial charge in [0.25, 0.3) is 0 Å². The number of aryl methyl sites for hydroxylation is 1. The lowest BCUT2D eigenvalue weighted by atomic mass is 9.83. The topological polar surface area (TPSA) is 0 Å². The number of rotatable bonds is 1. The Hall–Kier alpha value is -4.42. The van der Waals surface area contributed by atoms with Gasteiger partial charge in [0.15, 0.2) is 0 Å². The Morgan fingerprint density at radius 3 is 1.86 bits per heavy atom. The highest BCUT2D eigenvalue weighted by Crippen LogP contribution is 2.47. The zero-order chi connectivity index (χ0) is 23.1. The minimum absolute atomic E-state index is 1.27. The molecule has 8 rings (SSSR count). The van der Waals surface area contributed by atoms with Crippen LogP contribution in [0, 0.1) is 6.92 Å². The summed E-state index contributed by atoms with van der Waals surface area (Å²) in [6.45, 7) is 2.17. The fourth-order valence-corrected chi connectivity index (χ4v) is 6.25. The molecule has 0 nitrogen and oxygen atoms in total. The van der Waals surface area contributed by atoms with Crippen molar-refractivity contribution in [1.82, 2.24) is 0 Å². The summed E-state index contributed by atoms with van der Waals surface area (Å²) in [5.41, 5.74) is 3.90. The van der Waals surface area contributed by atoms with Gasteiger partial charge in [0, 0.05) is 0 Å². The van der Waals surface area contributed by atoms with Crippen molar-refractivity contribution in [3.05, 3.63) is 121 Å². The van der Waals surface area contributed by atoms with E-state index in [9.17, 15) is 0 Å². The molecular formula is C35H22. The molecule has 0 aliphatic carbocycles. The molecule has 0 fully saturated rings. The molecule has 8 aromatic carbocycles. The highest BCUT2D eigenvalue weighted by molar-refractivity contribution is 6.37. The third-order valence-electron chi connectivity index (χ3n) is 7.76. The van der Waals surface area contributed by atoms with Crippen LogP contribution in [-0.2, 0) is 0 Å². The summed E-state index contributed by atoms with van der Waals surface area (Å²) in [4.78, 5) is 0. The largest absolute Gasteiger partial charge is 0.0622 e. The van der Waals surface area contributed by atoms with Crippen LogP contribution in [0.15, 0.2) is 115 Å². The van der Waals surface area contributed by atoms with Gasteiger partial charge in [0.1, 0.15) is 0 Å². The molecule has 162 valence electrons. The van der Waals surface area contributed by atoms with E-state index in [1.807, 2.05) is 0 Å². The molecule has 8 aromatic rings. The van der Waals surface area contributed by atoms with Gasteiger partial charge in [-0.15, -0.1) is 0 Å². The highest BCUT2D eigenvalue weighted by Gasteiger charge is 2.18. The second kappa shape index (κ2) is 6.81. The first-order valence-corrected chi connectivity index (χ1v) is 12.3. The zero-order valence-corrected chi connectivity index (χ0v) is 19.5. The summed E-state index contributed by atoms with van der Waals surface area (Å²) in [5.74, 6) is 0. The van der Waals surface area contributed by atoms with Crippen LogP contribution in [-0.4, -0.2) is 0 Å². The Bertz CT molecular complexity index is 2100. The Morgan fingerprint density at radius 1 is 0.371 bits per heavy atom. The molecule has 0 amide bonds. The molecule has 0 atom stereocenters. The molecule has 0 N–H and O–H groups in total. The zero-order valence-electron chi connectivity index (χ0n) is 19.5. The van der Waals surface area contributed by atoms with E-state index in [-0.39, 0.29) is 0 Å². The number of fused-ring (bicyclic) bond motifs is 5. The van der Waals surface area contributed by atoms with E-state index < -0.39 is 0 Å². The van der Waals surface area contributed by atoms with E-state index in [0.29, 0.717) is 0 Å². The Labute approximate surface area is 203 Å². The summed E-state index contributed by atoms with van der Waals surface area (Å²) in [6.07, 6.45) is 0. The highest BCUT2D eigenvalue weighted by atomic mass is 14.2. The number of hydrogen-bond donors (Lipinski definition) is 0. The third kappa shape index (κ3) is 2.57. The fraction of sp³-hybridized carbons (Fsp3) is 0.0286. The molecule has 0 spiro atoms. The lowest BCUT2D eigenvalue weighted by Gasteiger charge is -2.19. The van der Waals surface area contributed by atoms with Gasteiger partial charge in [0.05, 0.1) is 0 Å². The van der Waals surface area contributed by atoms with Gasteiger partial charge < -0.3 is 0 Å². The molecule has 0 aromatic heterocycles. The minimum atomic E-state index is 1.27. The van der Waals surface area contributed by atoms with Gasteiger partial charge in [-0.25, -0.2) is 0 Å². The van der Waals surface area contributed by atoms with E-state index in [1.54, 1.807) is 0 Å². The van der Waals surface area contributed by atoms with Gasteiger partial charge in [-0.3, -0.25) is 0 Å². The van der Waals surface area contributed by atoms with Gasteiger partial charge in [0.2, 0.25) is 0 Å². The second-order valence-corrected chi connectivity index (χ2v) is 9.84. The molecule has 0 unspecified atom stereocenters. The molecule has 35 heavy (non-hydrogen) atoms. The maximum absolute atomic E-state index is 2.43. The molecule has 0 saturated carbocycles. The Morgan fingerprint density at radius 2 is 1.06 bits per heavy atom. The molecule has 0 bridgehead atoms.